The molecule has 1 amide bonds. The lowest BCUT2D eigenvalue weighted by Crippen LogP contribution is -2.43. The molecule has 7 nitrogen and oxygen atoms in total. The maximum atomic E-state index is 13.4. The Labute approximate surface area is 208 Å². The van der Waals surface area contributed by atoms with Crippen molar-refractivity contribution in [1.82, 2.24) is 14.8 Å². The molecule has 0 spiro atoms. The van der Waals surface area contributed by atoms with Gasteiger partial charge in [-0.05, 0) is 61.4 Å². The van der Waals surface area contributed by atoms with Crippen LogP contribution in [0.25, 0.3) is 0 Å². The minimum Gasteiger partial charge on any atom is -0.466 e. The third-order valence-corrected chi connectivity index (χ3v) is 7.12. The number of oxazole rings is 1. The molecule has 35 heavy (non-hydrogen) atoms. The van der Waals surface area contributed by atoms with E-state index in [0.717, 1.165) is 12.0 Å². The minimum atomic E-state index is -0.306. The fourth-order valence-corrected chi connectivity index (χ4v) is 5.18. The number of nitrogens with zero attached hydrogens (tertiary/aromatic N) is 3. The molecular weight excluding hydrogens is 469 g/mol. The van der Waals surface area contributed by atoms with Crippen LogP contribution >= 0.6 is 11.3 Å². The number of esters is 1. The van der Waals surface area contributed by atoms with Gasteiger partial charge in [0.05, 0.1) is 19.1 Å². The quantitative estimate of drug-likeness (QED) is 0.394. The van der Waals surface area contributed by atoms with Crippen molar-refractivity contribution in [3.8, 4) is 0 Å². The van der Waals surface area contributed by atoms with Crippen molar-refractivity contribution >= 4 is 23.2 Å². The first-order valence-corrected chi connectivity index (χ1v) is 12.7. The number of hydrogen-bond acceptors (Lipinski definition) is 7. The first-order valence-electron chi connectivity index (χ1n) is 11.8. The second-order valence-corrected chi connectivity index (χ2v) is 9.77. The van der Waals surface area contributed by atoms with Crippen molar-refractivity contribution in [3.63, 3.8) is 0 Å². The number of likely N-dealkylation sites (tertiary alicyclic amines) is 1. The Morgan fingerprint density at radius 1 is 1.23 bits per heavy atom. The number of carbonyl (C=O) groups is 2. The lowest BCUT2D eigenvalue weighted by atomic mass is 9.98. The van der Waals surface area contributed by atoms with E-state index < -0.39 is 0 Å². The molecule has 3 aromatic rings. The molecule has 0 N–H and O–H groups in total. The number of ether oxygens (including phenoxy) is 1. The van der Waals surface area contributed by atoms with Gasteiger partial charge < -0.3 is 14.1 Å². The first-order chi connectivity index (χ1) is 16.9. The Morgan fingerprint density at radius 2 is 2.03 bits per heavy atom. The van der Waals surface area contributed by atoms with Gasteiger partial charge in [-0.1, -0.05) is 12.1 Å². The standard InChI is InChI=1S/C26H30FN3O4S/c1-3-33-26(32)20-5-4-11-30(14-20)25(31)22-17-34-24(28-22)16-29(15-23-18(2)10-12-35-23)13-19-6-8-21(27)9-7-19/h6-10,12,17,20H,3-5,11,13-16H2,1-2H3/t20-/m1/s1. The van der Waals surface area contributed by atoms with Crippen LogP contribution in [0.5, 0.6) is 0 Å². The highest BCUT2D eigenvalue weighted by Gasteiger charge is 2.31. The fourth-order valence-electron chi connectivity index (χ4n) is 4.23. The van der Waals surface area contributed by atoms with Gasteiger partial charge in [-0.2, -0.15) is 0 Å². The number of carbonyl (C=O) groups excluding carboxylic acids is 2. The molecule has 1 aliphatic rings. The molecule has 4 rings (SSSR count). The Balaban J connectivity index is 1.44. The third kappa shape index (κ3) is 6.55. The topological polar surface area (TPSA) is 75.9 Å². The Morgan fingerprint density at radius 3 is 2.74 bits per heavy atom. The second-order valence-electron chi connectivity index (χ2n) is 8.77. The van der Waals surface area contributed by atoms with Crippen LogP contribution in [-0.4, -0.2) is 46.4 Å². The predicted molar refractivity (Wildman–Crippen MR) is 130 cm³/mol. The van der Waals surface area contributed by atoms with Gasteiger partial charge >= 0.3 is 5.97 Å². The van der Waals surface area contributed by atoms with E-state index in [9.17, 15) is 14.0 Å². The lowest BCUT2D eigenvalue weighted by molar-refractivity contribution is -0.149. The molecule has 0 radical (unpaired) electrons. The van der Waals surface area contributed by atoms with Gasteiger partial charge in [-0.3, -0.25) is 14.5 Å². The zero-order valence-electron chi connectivity index (χ0n) is 20.0. The maximum Gasteiger partial charge on any atom is 0.310 e. The van der Waals surface area contributed by atoms with E-state index in [1.807, 2.05) is 0 Å². The van der Waals surface area contributed by atoms with Crippen molar-refractivity contribution in [2.45, 2.75) is 46.3 Å². The zero-order chi connectivity index (χ0) is 24.8. The number of piperidine rings is 1. The molecule has 1 aliphatic heterocycles. The molecule has 3 heterocycles. The molecule has 1 fully saturated rings. The van der Waals surface area contributed by atoms with Crippen LogP contribution in [0.4, 0.5) is 4.39 Å². The fraction of sp³-hybridized carbons (Fsp3) is 0.423. The Kier molecular flexibility index (Phi) is 8.30. The van der Waals surface area contributed by atoms with E-state index in [2.05, 4.69) is 28.3 Å². The summed E-state index contributed by atoms with van der Waals surface area (Å²) in [4.78, 5) is 34.7. The summed E-state index contributed by atoms with van der Waals surface area (Å²) in [6.45, 7) is 6.74. The summed E-state index contributed by atoms with van der Waals surface area (Å²) in [7, 11) is 0. The van der Waals surface area contributed by atoms with Crippen molar-refractivity contribution in [2.75, 3.05) is 19.7 Å². The molecule has 0 aliphatic carbocycles. The van der Waals surface area contributed by atoms with Gasteiger partial charge in [0.1, 0.15) is 12.1 Å². The predicted octanol–water partition coefficient (Wildman–Crippen LogP) is 4.80. The number of amides is 1. The summed E-state index contributed by atoms with van der Waals surface area (Å²) in [5.74, 6) is -0.643. The summed E-state index contributed by atoms with van der Waals surface area (Å²) >= 11 is 1.68. The van der Waals surface area contributed by atoms with E-state index in [-0.39, 0.29) is 29.3 Å². The van der Waals surface area contributed by atoms with E-state index in [4.69, 9.17) is 9.15 Å². The van der Waals surface area contributed by atoms with Crippen LogP contribution in [0, 0.1) is 18.7 Å². The van der Waals surface area contributed by atoms with Crippen molar-refractivity contribution < 1.29 is 23.1 Å². The highest BCUT2D eigenvalue weighted by atomic mass is 32.1. The number of benzene rings is 1. The van der Waals surface area contributed by atoms with Crippen LogP contribution < -0.4 is 0 Å². The third-order valence-electron chi connectivity index (χ3n) is 6.11. The number of aromatic nitrogens is 1. The van der Waals surface area contributed by atoms with Gasteiger partial charge in [0.15, 0.2) is 5.69 Å². The maximum absolute atomic E-state index is 13.4. The SMILES string of the molecule is CCOC(=O)[C@@H]1CCCN(C(=O)c2coc(CN(Cc3ccc(F)cc3)Cc3sccc3C)n2)C1. The highest BCUT2D eigenvalue weighted by molar-refractivity contribution is 7.10. The van der Waals surface area contributed by atoms with Gasteiger partial charge in [-0.15, -0.1) is 11.3 Å². The summed E-state index contributed by atoms with van der Waals surface area (Å²) in [5.41, 5.74) is 2.42. The molecule has 186 valence electrons. The number of thiophene rings is 1. The molecule has 0 saturated carbocycles. The van der Waals surface area contributed by atoms with Crippen molar-refractivity contribution in [1.29, 1.82) is 0 Å². The molecule has 9 heteroatoms. The summed E-state index contributed by atoms with van der Waals surface area (Å²) in [5, 5.41) is 2.06. The second kappa shape index (κ2) is 11.6. The van der Waals surface area contributed by atoms with E-state index >= 15 is 0 Å². The molecular formula is C26H30FN3O4S. The summed E-state index contributed by atoms with van der Waals surface area (Å²) in [6.07, 6.45) is 2.84. The molecule has 0 bridgehead atoms. The highest BCUT2D eigenvalue weighted by Crippen LogP contribution is 2.23. The van der Waals surface area contributed by atoms with Crippen LogP contribution in [-0.2, 0) is 29.2 Å². The van der Waals surface area contributed by atoms with Crippen molar-refractivity contribution in [3.05, 3.63) is 75.4 Å². The molecule has 1 aromatic carbocycles. The largest absolute Gasteiger partial charge is 0.466 e. The average Bonchev–Trinajstić information content (AvgIpc) is 3.49. The monoisotopic (exact) mass is 499 g/mol. The first kappa shape index (κ1) is 25.1. The van der Waals surface area contributed by atoms with E-state index in [1.54, 1.807) is 35.3 Å². The Bertz CT molecular complexity index is 1140. The van der Waals surface area contributed by atoms with Gasteiger partial charge in [0, 0.05) is 31.1 Å². The van der Waals surface area contributed by atoms with Crippen molar-refractivity contribution in [2.24, 2.45) is 5.92 Å². The van der Waals surface area contributed by atoms with Crippen LogP contribution in [0.15, 0.2) is 46.4 Å². The normalized spacial score (nSPS) is 16.0. The molecule has 1 saturated heterocycles. The average molecular weight is 500 g/mol. The molecule has 0 unspecified atom stereocenters. The van der Waals surface area contributed by atoms with E-state index in [0.29, 0.717) is 51.6 Å². The van der Waals surface area contributed by atoms with Crippen LogP contribution in [0.3, 0.4) is 0 Å². The number of hydrogen-bond donors (Lipinski definition) is 0. The minimum absolute atomic E-state index is 0.235. The number of aryl methyl sites for hydroxylation is 1. The van der Waals surface area contributed by atoms with E-state index in [1.165, 1.54) is 28.8 Å². The van der Waals surface area contributed by atoms with Gasteiger partial charge in [-0.25, -0.2) is 9.37 Å². The zero-order valence-corrected chi connectivity index (χ0v) is 20.9. The number of rotatable bonds is 9. The summed E-state index contributed by atoms with van der Waals surface area (Å²) in [6, 6.07) is 8.52. The molecule has 1 atom stereocenters. The molecule has 2 aromatic heterocycles. The van der Waals surface area contributed by atoms with Gasteiger partial charge in [0.25, 0.3) is 5.91 Å². The number of halogens is 1. The van der Waals surface area contributed by atoms with Gasteiger partial charge in [0.2, 0.25) is 5.89 Å². The summed E-state index contributed by atoms with van der Waals surface area (Å²) < 4.78 is 24.2. The smallest absolute Gasteiger partial charge is 0.310 e. The van der Waals surface area contributed by atoms with Crippen LogP contribution in [0.1, 0.15) is 52.1 Å². The van der Waals surface area contributed by atoms with Crippen LogP contribution in [0.2, 0.25) is 0 Å². The Hall–Kier alpha value is -3.04. The lowest BCUT2D eigenvalue weighted by Gasteiger charge is -2.30.